The minimum atomic E-state index is 0.537. The van der Waals surface area contributed by atoms with Crippen LogP contribution < -0.4 is 0 Å². The van der Waals surface area contributed by atoms with Gasteiger partial charge in [0.1, 0.15) is 0 Å². The third-order valence-electron chi connectivity index (χ3n) is 1.38. The molecule has 0 aliphatic rings. The molecule has 54 valence electrons. The van der Waals surface area contributed by atoms with Crippen molar-refractivity contribution in [1.82, 2.24) is 0 Å². The van der Waals surface area contributed by atoms with Crippen LogP contribution in [-0.2, 0) is 0 Å². The largest absolute Gasteiger partial charge is 0.295 e. The molecule has 0 saturated carbocycles. The van der Waals surface area contributed by atoms with Crippen LogP contribution in [0.1, 0.15) is 40.0 Å². The van der Waals surface area contributed by atoms with Crippen molar-refractivity contribution in [3.63, 3.8) is 0 Å². The molecule has 0 saturated heterocycles. The van der Waals surface area contributed by atoms with Crippen molar-refractivity contribution >= 4 is 6.21 Å². The summed E-state index contributed by atoms with van der Waals surface area (Å²) in [4.78, 5) is 4.24. The molecule has 0 heterocycles. The van der Waals surface area contributed by atoms with Gasteiger partial charge in [0, 0.05) is 6.04 Å². The van der Waals surface area contributed by atoms with Crippen molar-refractivity contribution < 1.29 is 0 Å². The summed E-state index contributed by atoms with van der Waals surface area (Å²) in [6, 6.07) is 0.537. The fourth-order valence-electron chi connectivity index (χ4n) is 0.829. The Hall–Kier alpha value is -0.330. The Morgan fingerprint density at radius 3 is 2.67 bits per heavy atom. The summed E-state index contributed by atoms with van der Waals surface area (Å²) >= 11 is 0. The van der Waals surface area contributed by atoms with E-state index in [-0.39, 0.29) is 0 Å². The zero-order chi connectivity index (χ0) is 7.11. The Kier molecular flexibility index (Phi) is 5.59. The highest BCUT2D eigenvalue weighted by molar-refractivity contribution is 5.53. The number of nitrogens with zero attached hydrogens (tertiary/aromatic N) is 1. The van der Waals surface area contributed by atoms with Crippen molar-refractivity contribution in [2.45, 2.75) is 46.1 Å². The van der Waals surface area contributed by atoms with E-state index in [1.165, 1.54) is 19.3 Å². The van der Waals surface area contributed by atoms with Gasteiger partial charge < -0.3 is 0 Å². The van der Waals surface area contributed by atoms with Gasteiger partial charge in [0.15, 0.2) is 0 Å². The van der Waals surface area contributed by atoms with Crippen molar-refractivity contribution in [2.75, 3.05) is 0 Å². The summed E-state index contributed by atoms with van der Waals surface area (Å²) in [5, 5.41) is 0. The molecule has 0 aromatic carbocycles. The van der Waals surface area contributed by atoms with Crippen LogP contribution in [-0.4, -0.2) is 12.3 Å². The van der Waals surface area contributed by atoms with E-state index in [4.69, 9.17) is 0 Å². The van der Waals surface area contributed by atoms with Gasteiger partial charge in [-0.25, -0.2) is 0 Å². The maximum Gasteiger partial charge on any atom is 0.0467 e. The fraction of sp³-hybridized carbons (Fsp3) is 0.875. The van der Waals surface area contributed by atoms with Gasteiger partial charge in [-0.2, -0.15) is 0 Å². The molecule has 0 fully saturated rings. The highest BCUT2D eigenvalue weighted by Crippen LogP contribution is 2.01. The van der Waals surface area contributed by atoms with Gasteiger partial charge in [0.2, 0.25) is 0 Å². The predicted octanol–water partition coefficient (Wildman–Crippen LogP) is 2.66. The molecule has 0 N–H and O–H groups in total. The summed E-state index contributed by atoms with van der Waals surface area (Å²) in [6.07, 6.45) is 5.71. The summed E-state index contributed by atoms with van der Waals surface area (Å²) in [5.41, 5.74) is 0. The molecule has 1 heteroatoms. The van der Waals surface area contributed by atoms with Crippen LogP contribution in [0.2, 0.25) is 0 Å². The molecule has 0 aromatic rings. The van der Waals surface area contributed by atoms with Crippen LogP contribution in [0.25, 0.3) is 0 Å². The first kappa shape index (κ1) is 8.67. The number of hydrogen-bond donors (Lipinski definition) is 0. The Bertz CT molecular complexity index is 76.6. The van der Waals surface area contributed by atoms with Crippen molar-refractivity contribution in [2.24, 2.45) is 4.99 Å². The highest BCUT2D eigenvalue weighted by atomic mass is 14.7. The zero-order valence-electron chi connectivity index (χ0n) is 6.72. The first-order valence-corrected chi connectivity index (χ1v) is 3.79. The number of unbranched alkanes of at least 4 members (excludes halogenated alkanes) is 1. The molecule has 0 aliphatic heterocycles. The second-order valence-electron chi connectivity index (χ2n) is 2.40. The Morgan fingerprint density at radius 2 is 2.22 bits per heavy atom. The molecule has 1 nitrogen and oxygen atoms in total. The smallest absolute Gasteiger partial charge is 0.0467 e. The van der Waals surface area contributed by atoms with E-state index in [2.05, 4.69) is 18.8 Å². The summed E-state index contributed by atoms with van der Waals surface area (Å²) < 4.78 is 0. The van der Waals surface area contributed by atoms with Gasteiger partial charge in [-0.1, -0.05) is 19.8 Å². The molecule has 1 unspecified atom stereocenters. The molecule has 0 spiro atoms. The standard InChI is InChI=1S/C8H17N/c1-4-6-7-8(3)9-5-2/h5,8H,4,6-7H2,1-3H3/b9-5+. The third-order valence-corrected chi connectivity index (χ3v) is 1.38. The lowest BCUT2D eigenvalue weighted by Gasteiger charge is -2.01. The molecule has 0 rings (SSSR count). The van der Waals surface area contributed by atoms with E-state index in [1.54, 1.807) is 0 Å². The molecule has 1 atom stereocenters. The summed E-state index contributed by atoms with van der Waals surface area (Å²) in [6.45, 7) is 6.35. The van der Waals surface area contributed by atoms with Gasteiger partial charge in [0.25, 0.3) is 0 Å². The number of hydrogen-bond acceptors (Lipinski definition) is 1. The van der Waals surface area contributed by atoms with Gasteiger partial charge >= 0.3 is 0 Å². The van der Waals surface area contributed by atoms with Gasteiger partial charge in [-0.05, 0) is 26.5 Å². The van der Waals surface area contributed by atoms with Crippen LogP contribution in [0.5, 0.6) is 0 Å². The number of rotatable bonds is 4. The van der Waals surface area contributed by atoms with Crippen LogP contribution in [0.15, 0.2) is 4.99 Å². The molecule has 9 heavy (non-hydrogen) atoms. The number of aliphatic imine (C=N–C) groups is 1. The average Bonchev–Trinajstić information content (AvgIpc) is 1.85. The zero-order valence-corrected chi connectivity index (χ0v) is 6.72. The highest BCUT2D eigenvalue weighted by Gasteiger charge is 1.93. The van der Waals surface area contributed by atoms with Gasteiger partial charge in [-0.3, -0.25) is 4.99 Å². The minimum absolute atomic E-state index is 0.537. The maximum atomic E-state index is 4.24. The lowest BCUT2D eigenvalue weighted by molar-refractivity contribution is 0.619. The van der Waals surface area contributed by atoms with Crippen LogP contribution in [0, 0.1) is 0 Å². The second kappa shape index (κ2) is 5.80. The van der Waals surface area contributed by atoms with Crippen molar-refractivity contribution in [3.05, 3.63) is 0 Å². The average molecular weight is 127 g/mol. The quantitative estimate of drug-likeness (QED) is 0.515. The topological polar surface area (TPSA) is 12.4 Å². The van der Waals surface area contributed by atoms with E-state index >= 15 is 0 Å². The van der Waals surface area contributed by atoms with Crippen LogP contribution >= 0.6 is 0 Å². The maximum absolute atomic E-state index is 4.24. The molecule has 0 aromatic heterocycles. The molecule has 0 aliphatic carbocycles. The fourth-order valence-corrected chi connectivity index (χ4v) is 0.829. The van der Waals surface area contributed by atoms with Crippen LogP contribution in [0.3, 0.4) is 0 Å². The van der Waals surface area contributed by atoms with Crippen LogP contribution in [0.4, 0.5) is 0 Å². The van der Waals surface area contributed by atoms with Crippen molar-refractivity contribution in [3.8, 4) is 0 Å². The van der Waals surface area contributed by atoms with Crippen molar-refractivity contribution in [1.29, 1.82) is 0 Å². The first-order valence-electron chi connectivity index (χ1n) is 3.79. The second-order valence-corrected chi connectivity index (χ2v) is 2.40. The molecular weight excluding hydrogens is 110 g/mol. The van der Waals surface area contributed by atoms with E-state index in [9.17, 15) is 0 Å². The molecule has 0 radical (unpaired) electrons. The van der Waals surface area contributed by atoms with Gasteiger partial charge in [-0.15, -0.1) is 0 Å². The third kappa shape index (κ3) is 5.54. The lowest BCUT2D eigenvalue weighted by Crippen LogP contribution is -1.96. The minimum Gasteiger partial charge on any atom is -0.295 e. The Labute approximate surface area is 58.2 Å². The van der Waals surface area contributed by atoms with E-state index in [0.717, 1.165) is 0 Å². The summed E-state index contributed by atoms with van der Waals surface area (Å²) in [7, 11) is 0. The van der Waals surface area contributed by atoms with E-state index in [0.29, 0.717) is 6.04 Å². The molecule has 0 amide bonds. The van der Waals surface area contributed by atoms with Gasteiger partial charge in [0.05, 0.1) is 0 Å². The molecular formula is C8H17N. The van der Waals surface area contributed by atoms with E-state index in [1.807, 2.05) is 13.1 Å². The lowest BCUT2D eigenvalue weighted by atomic mass is 10.1. The SMILES string of the molecule is C/C=N/C(C)CCCC. The first-order chi connectivity index (χ1) is 4.31. The molecule has 0 bridgehead atoms. The Morgan fingerprint density at radius 1 is 1.56 bits per heavy atom. The monoisotopic (exact) mass is 127 g/mol. The normalized spacial score (nSPS) is 14.6. The summed E-state index contributed by atoms with van der Waals surface area (Å²) in [5.74, 6) is 0. The predicted molar refractivity (Wildman–Crippen MR) is 43.2 cm³/mol. The Balaban J connectivity index is 3.15. The van der Waals surface area contributed by atoms with E-state index < -0.39 is 0 Å².